The Hall–Kier alpha value is -2.65. The first kappa shape index (κ1) is 19.1. The van der Waals surface area contributed by atoms with Crippen LogP contribution in [0, 0.1) is 11.8 Å². The number of nitrogens with zero attached hydrogens (tertiary/aromatic N) is 1. The minimum atomic E-state index is -3.74. The van der Waals surface area contributed by atoms with Crippen LogP contribution in [0.4, 0.5) is 0 Å². The van der Waals surface area contributed by atoms with Crippen molar-refractivity contribution in [2.45, 2.75) is 18.4 Å². The molecule has 2 atom stereocenters. The summed E-state index contributed by atoms with van der Waals surface area (Å²) in [6.45, 7) is 2.34. The Bertz CT molecular complexity index is 921. The maximum Gasteiger partial charge on any atom is 0.308 e. The monoisotopic (exact) mass is 392 g/mol. The van der Waals surface area contributed by atoms with Crippen molar-refractivity contribution < 1.29 is 27.5 Å². The van der Waals surface area contributed by atoms with Crippen LogP contribution in [0.5, 0.6) is 0 Å². The maximum atomic E-state index is 12.6. The molecule has 1 aliphatic heterocycles. The molecule has 0 spiro atoms. The number of sulfonamides is 1. The predicted octanol–water partition coefficient (Wildman–Crippen LogP) is 1.55. The molecule has 0 radical (unpaired) electrons. The van der Waals surface area contributed by atoms with Crippen LogP contribution in [0.2, 0.25) is 0 Å². The summed E-state index contributed by atoms with van der Waals surface area (Å²) in [6, 6.07) is 8.90. The van der Waals surface area contributed by atoms with Crippen molar-refractivity contribution in [2.24, 2.45) is 11.8 Å². The van der Waals surface area contributed by atoms with E-state index in [0.717, 1.165) is 0 Å². The highest BCUT2D eigenvalue weighted by molar-refractivity contribution is 7.89. The summed E-state index contributed by atoms with van der Waals surface area (Å²) in [5.41, 5.74) is 0.318. The molecule has 2 N–H and O–H groups in total. The molecule has 1 amide bonds. The molecular weight excluding hydrogens is 372 g/mol. The van der Waals surface area contributed by atoms with Crippen LogP contribution in [-0.2, 0) is 21.4 Å². The zero-order valence-corrected chi connectivity index (χ0v) is 15.5. The van der Waals surface area contributed by atoms with E-state index < -0.39 is 21.9 Å². The number of furan rings is 1. The first-order chi connectivity index (χ1) is 12.8. The topological polar surface area (TPSA) is 117 Å². The van der Waals surface area contributed by atoms with Gasteiger partial charge in [0.05, 0.1) is 23.6 Å². The molecule has 8 nitrogen and oxygen atoms in total. The van der Waals surface area contributed by atoms with Crippen LogP contribution in [0.15, 0.2) is 52.0 Å². The number of hydrogen-bond acceptors (Lipinski definition) is 5. The van der Waals surface area contributed by atoms with Crippen LogP contribution in [0.1, 0.15) is 23.0 Å². The number of carbonyl (C=O) groups excluding carboxylic acids is 1. The summed E-state index contributed by atoms with van der Waals surface area (Å²) in [4.78, 5) is 25.3. The average molecular weight is 392 g/mol. The molecule has 27 heavy (non-hydrogen) atoms. The van der Waals surface area contributed by atoms with Gasteiger partial charge in [-0.15, -0.1) is 0 Å². The van der Waals surface area contributed by atoms with Crippen LogP contribution in [-0.4, -0.2) is 43.4 Å². The maximum absolute atomic E-state index is 12.6. The standard InChI is InChI=1S/C18H20N2O6S/c1-12-10-20(11-16(12)18(22)23)17(21)13-4-6-15(7-5-13)27(24,25)19-9-14-3-2-8-26-14/h2-8,12,16,19H,9-11H2,1H3,(H,22,23)/t12-,16-/m1/s1. The van der Waals surface area contributed by atoms with Gasteiger partial charge >= 0.3 is 5.97 Å². The number of amides is 1. The third-order valence-corrected chi connectivity index (χ3v) is 6.06. The highest BCUT2D eigenvalue weighted by Gasteiger charge is 2.37. The van der Waals surface area contributed by atoms with Gasteiger partial charge < -0.3 is 14.4 Å². The average Bonchev–Trinajstić information content (AvgIpc) is 3.29. The van der Waals surface area contributed by atoms with E-state index in [1.54, 1.807) is 19.1 Å². The second-order valence-electron chi connectivity index (χ2n) is 6.56. The zero-order chi connectivity index (χ0) is 19.6. The smallest absolute Gasteiger partial charge is 0.308 e. The Balaban J connectivity index is 1.68. The van der Waals surface area contributed by atoms with Gasteiger partial charge in [-0.1, -0.05) is 6.92 Å². The molecule has 2 heterocycles. The molecule has 0 unspecified atom stereocenters. The molecule has 1 aromatic carbocycles. The van der Waals surface area contributed by atoms with Gasteiger partial charge in [0, 0.05) is 18.7 Å². The highest BCUT2D eigenvalue weighted by atomic mass is 32.2. The first-order valence-corrected chi connectivity index (χ1v) is 9.90. The van der Waals surface area contributed by atoms with Crippen molar-refractivity contribution in [3.8, 4) is 0 Å². The van der Waals surface area contributed by atoms with E-state index in [0.29, 0.717) is 17.9 Å². The Morgan fingerprint density at radius 3 is 2.48 bits per heavy atom. The molecule has 0 bridgehead atoms. The van der Waals surface area contributed by atoms with Gasteiger partial charge in [-0.3, -0.25) is 9.59 Å². The van der Waals surface area contributed by atoms with Crippen molar-refractivity contribution in [2.75, 3.05) is 13.1 Å². The number of carboxylic acid groups (broad SMARTS) is 1. The molecule has 3 rings (SSSR count). The van der Waals surface area contributed by atoms with Gasteiger partial charge in [0.15, 0.2) is 0 Å². The molecular formula is C18H20N2O6S. The van der Waals surface area contributed by atoms with Gasteiger partial charge in [0.1, 0.15) is 5.76 Å². The van der Waals surface area contributed by atoms with Crippen LogP contribution >= 0.6 is 0 Å². The lowest BCUT2D eigenvalue weighted by molar-refractivity contribution is -0.142. The largest absolute Gasteiger partial charge is 0.481 e. The minimum absolute atomic E-state index is 0.0260. The van der Waals surface area contributed by atoms with E-state index in [2.05, 4.69) is 4.72 Å². The van der Waals surface area contributed by atoms with Crippen molar-refractivity contribution in [3.63, 3.8) is 0 Å². The van der Waals surface area contributed by atoms with Gasteiger partial charge in [-0.25, -0.2) is 13.1 Å². The highest BCUT2D eigenvalue weighted by Crippen LogP contribution is 2.25. The van der Waals surface area contributed by atoms with E-state index in [1.807, 2.05) is 0 Å². The van der Waals surface area contributed by atoms with Gasteiger partial charge in [-0.05, 0) is 42.3 Å². The summed E-state index contributed by atoms with van der Waals surface area (Å²) in [5.74, 6) is -1.45. The van der Waals surface area contributed by atoms with E-state index in [9.17, 15) is 23.1 Å². The number of aliphatic carboxylic acids is 1. The lowest BCUT2D eigenvalue weighted by Crippen LogP contribution is -2.30. The number of carbonyl (C=O) groups is 2. The molecule has 0 aliphatic carbocycles. The molecule has 1 aromatic heterocycles. The second-order valence-corrected chi connectivity index (χ2v) is 8.33. The molecule has 0 saturated carbocycles. The number of nitrogens with one attached hydrogen (secondary N) is 1. The van der Waals surface area contributed by atoms with Gasteiger partial charge in [0.2, 0.25) is 10.0 Å². The fourth-order valence-electron chi connectivity index (χ4n) is 3.08. The molecule has 1 fully saturated rings. The summed E-state index contributed by atoms with van der Waals surface area (Å²) in [5, 5.41) is 9.18. The van der Waals surface area contributed by atoms with E-state index >= 15 is 0 Å². The van der Waals surface area contributed by atoms with Gasteiger partial charge in [0.25, 0.3) is 5.91 Å². The molecule has 1 aliphatic rings. The normalized spacial score (nSPS) is 20.0. The van der Waals surface area contributed by atoms with Crippen molar-refractivity contribution in [1.29, 1.82) is 0 Å². The van der Waals surface area contributed by atoms with Crippen molar-refractivity contribution >= 4 is 21.9 Å². The van der Waals surface area contributed by atoms with Crippen LogP contribution in [0.3, 0.4) is 0 Å². The zero-order valence-electron chi connectivity index (χ0n) is 14.7. The second kappa shape index (κ2) is 7.53. The Kier molecular flexibility index (Phi) is 5.33. The number of benzene rings is 1. The molecule has 9 heteroatoms. The molecule has 144 valence electrons. The molecule has 1 saturated heterocycles. The first-order valence-electron chi connectivity index (χ1n) is 8.42. The number of hydrogen-bond donors (Lipinski definition) is 2. The fraction of sp³-hybridized carbons (Fsp3) is 0.333. The third kappa shape index (κ3) is 4.20. The fourth-order valence-corrected chi connectivity index (χ4v) is 4.07. The predicted molar refractivity (Wildman–Crippen MR) is 95.4 cm³/mol. The number of likely N-dealkylation sites (tertiary alicyclic amines) is 1. The molecule has 2 aromatic rings. The van der Waals surface area contributed by atoms with Crippen LogP contribution < -0.4 is 4.72 Å². The van der Waals surface area contributed by atoms with Gasteiger partial charge in [-0.2, -0.15) is 0 Å². The van der Waals surface area contributed by atoms with Crippen molar-refractivity contribution in [1.82, 2.24) is 9.62 Å². The number of rotatable bonds is 6. The van der Waals surface area contributed by atoms with E-state index in [-0.39, 0.29) is 29.8 Å². The lowest BCUT2D eigenvalue weighted by atomic mass is 9.99. The van der Waals surface area contributed by atoms with E-state index in [1.165, 1.54) is 35.4 Å². The summed E-state index contributed by atoms with van der Waals surface area (Å²) < 4.78 is 32.1. The summed E-state index contributed by atoms with van der Waals surface area (Å²) in [6.07, 6.45) is 1.46. The Labute approximate surface area is 156 Å². The minimum Gasteiger partial charge on any atom is -0.481 e. The Morgan fingerprint density at radius 1 is 1.22 bits per heavy atom. The summed E-state index contributed by atoms with van der Waals surface area (Å²) in [7, 11) is -3.74. The third-order valence-electron chi connectivity index (χ3n) is 4.64. The summed E-state index contributed by atoms with van der Waals surface area (Å²) >= 11 is 0. The number of carboxylic acids is 1. The quantitative estimate of drug-likeness (QED) is 0.770. The van der Waals surface area contributed by atoms with Crippen LogP contribution in [0.25, 0.3) is 0 Å². The SMILES string of the molecule is C[C@@H]1CN(C(=O)c2ccc(S(=O)(=O)NCc3ccco3)cc2)C[C@H]1C(=O)O. The lowest BCUT2D eigenvalue weighted by Gasteiger charge is -2.16. The van der Waals surface area contributed by atoms with E-state index in [4.69, 9.17) is 4.42 Å². The van der Waals surface area contributed by atoms with Crippen molar-refractivity contribution in [3.05, 3.63) is 54.0 Å². The Morgan fingerprint density at radius 2 is 1.93 bits per heavy atom.